The molecule has 7 nitrogen and oxygen atoms in total. The Morgan fingerprint density at radius 1 is 0.500 bits per heavy atom. The molecule has 2 aromatic heterocycles. The van der Waals surface area contributed by atoms with Crippen molar-refractivity contribution >= 4 is 55.3 Å². The predicted octanol–water partition coefficient (Wildman–Crippen LogP) is 12.3. The van der Waals surface area contributed by atoms with Gasteiger partial charge in [-0.15, -0.1) is 48.1 Å². The minimum Gasteiger partial charge on any atom is -0.509 e. The van der Waals surface area contributed by atoms with Gasteiger partial charge in [0.25, 0.3) is 0 Å². The van der Waals surface area contributed by atoms with Gasteiger partial charge >= 0.3 is 0 Å². The normalized spacial score (nSPS) is 12.2. The Morgan fingerprint density at radius 3 is 1.91 bits per heavy atom. The van der Waals surface area contributed by atoms with Gasteiger partial charge in [0.05, 0.1) is 0 Å². The summed E-state index contributed by atoms with van der Waals surface area (Å²) in [4.78, 5) is 17.5. The average molecular weight is 927 g/mol. The number of fused-ring (bicyclic) bond motifs is 6. The number of anilines is 4. The van der Waals surface area contributed by atoms with Crippen LogP contribution in [0.1, 0.15) is 0 Å². The van der Waals surface area contributed by atoms with Crippen LogP contribution in [0.3, 0.4) is 0 Å². The molecule has 8 heteroatoms. The Labute approximate surface area is 349 Å². The Bertz CT molecular complexity index is 3040. The summed E-state index contributed by atoms with van der Waals surface area (Å²) in [6.45, 7) is 2.19. The minimum atomic E-state index is 0. The molecular weight excluding hydrogens is 896 g/mol. The first-order valence-electron chi connectivity index (χ1n) is 18.8. The third kappa shape index (κ3) is 5.99. The average Bonchev–Trinajstić information content (AvgIpc) is 3.83. The number of nitrogens with zero attached hydrogens (tertiary/aromatic N) is 6. The smallest absolute Gasteiger partial charge is 0.235 e. The zero-order chi connectivity index (χ0) is 37.7. The maximum Gasteiger partial charge on any atom is 0.235 e. The van der Waals surface area contributed by atoms with Gasteiger partial charge in [0.2, 0.25) is 5.95 Å². The zero-order valence-electron chi connectivity index (χ0n) is 30.8. The van der Waals surface area contributed by atoms with Crippen LogP contribution >= 0.6 is 0 Å². The minimum absolute atomic E-state index is 0. The molecule has 0 radical (unpaired) electrons. The number of rotatable bonds is 7. The molecule has 0 spiro atoms. The number of aromatic nitrogens is 4. The van der Waals surface area contributed by atoms with Crippen molar-refractivity contribution in [1.82, 2.24) is 19.5 Å². The van der Waals surface area contributed by atoms with Crippen molar-refractivity contribution in [1.29, 1.82) is 0 Å². The summed E-state index contributed by atoms with van der Waals surface area (Å²) in [5.41, 5.74) is 10.4. The summed E-state index contributed by atoms with van der Waals surface area (Å²) >= 11 is 0. The first kappa shape index (κ1) is 35.3. The standard InChI is InChI=1S/C50H31N6O.Pt/c1-3-13-34(14-4-1)40-22-12-23-41(35-15-5-2-6-16-35)48(40)55-33-54(46-28-25-36-17-7-8-20-42(36)49(46)55)37-18-11-19-38(29-37)57-39-26-27-44-43-21-9-10-24-45(43)56(47(44)30-39)50-52-31-51-32-53-50;/h1-28,31-33H;/q-3;. The van der Waals surface area contributed by atoms with Gasteiger partial charge < -0.3 is 19.1 Å². The molecule has 280 valence electrons. The molecule has 0 amide bonds. The Kier molecular flexibility index (Phi) is 9.00. The van der Waals surface area contributed by atoms with Crippen molar-refractivity contribution in [2.45, 2.75) is 0 Å². The van der Waals surface area contributed by atoms with Gasteiger partial charge in [-0.05, 0) is 34.0 Å². The molecule has 1 aliphatic rings. The summed E-state index contributed by atoms with van der Waals surface area (Å²) in [6.07, 6.45) is 3.01. The molecule has 0 saturated heterocycles. The molecule has 0 unspecified atom stereocenters. The van der Waals surface area contributed by atoms with Gasteiger partial charge in [0.15, 0.2) is 0 Å². The fraction of sp³-hybridized carbons (Fsp3) is 0. The number of para-hydroxylation sites is 2. The molecule has 11 rings (SSSR count). The molecule has 10 aromatic rings. The van der Waals surface area contributed by atoms with E-state index in [1.165, 1.54) is 12.7 Å². The Balaban J connectivity index is 0.00000408. The van der Waals surface area contributed by atoms with Gasteiger partial charge in [-0.3, -0.25) is 0 Å². The summed E-state index contributed by atoms with van der Waals surface area (Å²) in [5, 5.41) is 4.42. The summed E-state index contributed by atoms with van der Waals surface area (Å²) in [5.74, 6) is 1.63. The van der Waals surface area contributed by atoms with Crippen LogP contribution in [0, 0.1) is 18.8 Å². The molecule has 0 N–H and O–H groups in total. The maximum atomic E-state index is 6.57. The Morgan fingerprint density at radius 2 is 1.16 bits per heavy atom. The fourth-order valence-corrected chi connectivity index (χ4v) is 8.04. The molecule has 0 aliphatic carbocycles. The van der Waals surface area contributed by atoms with E-state index in [1.54, 1.807) is 0 Å². The van der Waals surface area contributed by atoms with Crippen LogP contribution < -0.4 is 14.5 Å². The second-order valence-corrected chi connectivity index (χ2v) is 13.8. The van der Waals surface area contributed by atoms with Crippen molar-refractivity contribution in [3.63, 3.8) is 0 Å². The van der Waals surface area contributed by atoms with Gasteiger partial charge in [-0.2, -0.15) is 12.1 Å². The van der Waals surface area contributed by atoms with E-state index in [0.717, 1.165) is 77.6 Å². The maximum absolute atomic E-state index is 6.57. The van der Waals surface area contributed by atoms with Gasteiger partial charge in [-0.25, -0.2) is 15.0 Å². The largest absolute Gasteiger partial charge is 0.509 e. The van der Waals surface area contributed by atoms with Crippen LogP contribution in [-0.4, -0.2) is 19.5 Å². The first-order chi connectivity index (χ1) is 28.3. The van der Waals surface area contributed by atoms with E-state index < -0.39 is 0 Å². The van der Waals surface area contributed by atoms with Crippen molar-refractivity contribution in [3.05, 3.63) is 201 Å². The molecule has 1 aliphatic heterocycles. The predicted molar refractivity (Wildman–Crippen MR) is 228 cm³/mol. The first-order valence-corrected chi connectivity index (χ1v) is 18.8. The molecule has 0 atom stereocenters. The van der Waals surface area contributed by atoms with Crippen molar-refractivity contribution in [2.75, 3.05) is 9.80 Å². The van der Waals surface area contributed by atoms with Gasteiger partial charge in [0, 0.05) is 71.7 Å². The molecule has 3 heterocycles. The number of ether oxygens (including phenoxy) is 1. The van der Waals surface area contributed by atoms with E-state index in [4.69, 9.17) is 4.74 Å². The van der Waals surface area contributed by atoms with E-state index in [1.807, 2.05) is 34.9 Å². The third-order valence-electron chi connectivity index (χ3n) is 10.5. The zero-order valence-corrected chi connectivity index (χ0v) is 33.1. The summed E-state index contributed by atoms with van der Waals surface area (Å²) in [6, 6.07) is 66.1. The van der Waals surface area contributed by atoms with Crippen LogP contribution in [-0.2, 0) is 21.1 Å². The molecular formula is C50H31N6OPt-3. The molecule has 8 aromatic carbocycles. The molecule has 0 saturated carbocycles. The third-order valence-corrected chi connectivity index (χ3v) is 10.5. The van der Waals surface area contributed by atoms with Crippen LogP contribution in [0.5, 0.6) is 11.5 Å². The van der Waals surface area contributed by atoms with Gasteiger partial charge in [-0.1, -0.05) is 133 Å². The monoisotopic (exact) mass is 926 g/mol. The van der Waals surface area contributed by atoms with E-state index in [0.29, 0.717) is 17.4 Å². The molecule has 0 bridgehead atoms. The Hall–Kier alpha value is -7.08. The van der Waals surface area contributed by atoms with Crippen LogP contribution in [0.25, 0.3) is 60.8 Å². The number of benzene rings is 8. The quantitative estimate of drug-likeness (QED) is 0.148. The fourth-order valence-electron chi connectivity index (χ4n) is 8.04. The van der Waals surface area contributed by atoms with Crippen LogP contribution in [0.2, 0.25) is 0 Å². The second-order valence-electron chi connectivity index (χ2n) is 13.8. The van der Waals surface area contributed by atoms with Crippen LogP contribution in [0.15, 0.2) is 183 Å². The van der Waals surface area contributed by atoms with Crippen LogP contribution in [0.4, 0.5) is 22.7 Å². The van der Waals surface area contributed by atoms with E-state index in [2.05, 4.69) is 183 Å². The second kappa shape index (κ2) is 14.8. The number of hydrogen-bond donors (Lipinski definition) is 0. The SMILES string of the molecule is [Pt].[c-]1c(Oc2[c-]c3c(cc2)c2ccccc2n3-c2ncncn2)cccc1N1[CH-]N(c2c(-c3ccccc3)cccc2-c2ccccc2)c2c1ccc1ccccc21. The number of hydrogen-bond acceptors (Lipinski definition) is 6. The topological polar surface area (TPSA) is 59.3 Å². The summed E-state index contributed by atoms with van der Waals surface area (Å²) in [7, 11) is 0. The van der Waals surface area contributed by atoms with E-state index >= 15 is 0 Å². The summed E-state index contributed by atoms with van der Waals surface area (Å²) < 4.78 is 8.56. The molecule has 0 fully saturated rings. The van der Waals surface area contributed by atoms with E-state index in [9.17, 15) is 0 Å². The molecule has 58 heavy (non-hydrogen) atoms. The van der Waals surface area contributed by atoms with Crippen molar-refractivity contribution in [2.24, 2.45) is 0 Å². The van der Waals surface area contributed by atoms with E-state index in [-0.39, 0.29) is 21.1 Å². The van der Waals surface area contributed by atoms with Crippen molar-refractivity contribution < 1.29 is 25.8 Å². The van der Waals surface area contributed by atoms with Gasteiger partial charge in [0.1, 0.15) is 12.7 Å². The van der Waals surface area contributed by atoms with Crippen molar-refractivity contribution in [3.8, 4) is 39.7 Å².